The SMILES string of the molecule is COc1ccc(Nc2c([N+](=O)[O-])cnc3ccc(Br)cc23)c(OC)c1.COc1ccc(Nc2cnc3ccc(Br)cc3c2N)c(OC)c1. The molecule has 6 rings (SSSR count). The standard InChI is InChI=1S/C17H14BrN3O4.C17H16BrN3O2/c1-24-11-4-6-14(16(8-11)25-2)20-17-12-7-10(18)3-5-13(12)19-9-15(17)21(22)23;1-22-11-4-6-14(16(8-11)23-2)21-15-9-20-13-5-3-10(18)7-12(13)17(15)19/h3-9H,1-2H3,(H,19,20);3-9,21H,1-2H3,(H2,19,20). The monoisotopic (exact) mass is 776 g/mol. The summed E-state index contributed by atoms with van der Waals surface area (Å²) in [5.74, 6) is 2.52. The summed E-state index contributed by atoms with van der Waals surface area (Å²) in [4.78, 5) is 19.6. The van der Waals surface area contributed by atoms with Crippen LogP contribution in [0.15, 0.2) is 94.1 Å². The van der Waals surface area contributed by atoms with Gasteiger partial charge in [-0.2, -0.15) is 0 Å². The van der Waals surface area contributed by atoms with E-state index in [2.05, 4.69) is 52.5 Å². The molecule has 0 amide bonds. The van der Waals surface area contributed by atoms with Crippen LogP contribution in [0, 0.1) is 10.1 Å². The second kappa shape index (κ2) is 15.0. The highest BCUT2D eigenvalue weighted by molar-refractivity contribution is 9.10. The summed E-state index contributed by atoms with van der Waals surface area (Å²) >= 11 is 6.85. The maximum Gasteiger partial charge on any atom is 0.311 e. The van der Waals surface area contributed by atoms with Crippen LogP contribution in [-0.4, -0.2) is 43.3 Å². The van der Waals surface area contributed by atoms with Crippen molar-refractivity contribution in [3.8, 4) is 23.0 Å². The van der Waals surface area contributed by atoms with Gasteiger partial charge in [0.1, 0.15) is 34.9 Å². The van der Waals surface area contributed by atoms with Crippen LogP contribution in [-0.2, 0) is 0 Å². The van der Waals surface area contributed by atoms with E-state index >= 15 is 0 Å². The van der Waals surface area contributed by atoms with Gasteiger partial charge in [0.15, 0.2) is 0 Å². The summed E-state index contributed by atoms with van der Waals surface area (Å²) in [6.45, 7) is 0. The quantitative estimate of drug-likeness (QED) is 0.0951. The number of hydrogen-bond acceptors (Lipinski definition) is 11. The Kier molecular flexibility index (Phi) is 10.7. The number of aromatic nitrogens is 2. The van der Waals surface area contributed by atoms with Crippen molar-refractivity contribution in [1.29, 1.82) is 0 Å². The zero-order valence-corrected chi connectivity index (χ0v) is 29.4. The molecular formula is C34H30Br2N6O6. The lowest BCUT2D eigenvalue weighted by Gasteiger charge is -2.15. The minimum absolute atomic E-state index is 0.122. The van der Waals surface area contributed by atoms with E-state index in [1.54, 1.807) is 57.9 Å². The number of nitrogens with zero attached hydrogens (tertiary/aromatic N) is 3. The van der Waals surface area contributed by atoms with E-state index in [0.717, 1.165) is 37.0 Å². The summed E-state index contributed by atoms with van der Waals surface area (Å²) in [6, 6.07) is 22.0. The number of fused-ring (bicyclic) bond motifs is 2. The second-order valence-electron chi connectivity index (χ2n) is 10.1. The van der Waals surface area contributed by atoms with E-state index in [1.807, 2.05) is 42.5 Å². The molecular weight excluding hydrogens is 748 g/mol. The fourth-order valence-electron chi connectivity index (χ4n) is 4.79. The number of benzene rings is 4. The number of halogens is 2. The number of rotatable bonds is 9. The highest BCUT2D eigenvalue weighted by Gasteiger charge is 2.20. The number of nitrogen functional groups attached to an aromatic ring is 1. The number of anilines is 5. The lowest BCUT2D eigenvalue weighted by Crippen LogP contribution is -2.01. The average molecular weight is 778 g/mol. The van der Waals surface area contributed by atoms with E-state index in [4.69, 9.17) is 24.7 Å². The van der Waals surface area contributed by atoms with Gasteiger partial charge < -0.3 is 35.3 Å². The summed E-state index contributed by atoms with van der Waals surface area (Å²) in [6.07, 6.45) is 2.96. The molecule has 0 fully saturated rings. The lowest BCUT2D eigenvalue weighted by atomic mass is 10.1. The molecule has 4 aromatic carbocycles. The van der Waals surface area contributed by atoms with Gasteiger partial charge in [0.25, 0.3) is 0 Å². The van der Waals surface area contributed by atoms with E-state index in [1.165, 1.54) is 13.3 Å². The molecule has 0 atom stereocenters. The molecule has 0 bridgehead atoms. The predicted octanol–water partition coefficient (Wildman–Crippen LogP) is 9.01. The Morgan fingerprint density at radius 1 is 0.667 bits per heavy atom. The molecule has 12 nitrogen and oxygen atoms in total. The topological polar surface area (TPSA) is 156 Å². The third-order valence-corrected chi connectivity index (χ3v) is 8.21. The van der Waals surface area contributed by atoms with Crippen molar-refractivity contribution in [2.75, 3.05) is 44.8 Å². The smallest absolute Gasteiger partial charge is 0.311 e. The van der Waals surface area contributed by atoms with Crippen LogP contribution in [0.25, 0.3) is 21.8 Å². The second-order valence-corrected chi connectivity index (χ2v) is 11.9. The molecule has 0 saturated heterocycles. The summed E-state index contributed by atoms with van der Waals surface area (Å²) in [5, 5.41) is 19.4. The molecule has 0 spiro atoms. The van der Waals surface area contributed by atoms with Crippen LogP contribution in [0.1, 0.15) is 0 Å². The fraction of sp³-hybridized carbons (Fsp3) is 0.118. The van der Waals surface area contributed by atoms with Crippen LogP contribution >= 0.6 is 31.9 Å². The Morgan fingerprint density at radius 3 is 1.73 bits per heavy atom. The number of nitro groups is 1. The number of nitrogens with one attached hydrogen (secondary N) is 2. The first kappa shape index (κ1) is 34.0. The molecule has 0 unspecified atom stereocenters. The zero-order valence-electron chi connectivity index (χ0n) is 26.2. The molecule has 0 aliphatic rings. The van der Waals surface area contributed by atoms with Gasteiger partial charge in [-0.15, -0.1) is 0 Å². The number of nitrogens with two attached hydrogens (primary N) is 1. The molecule has 6 aromatic rings. The van der Waals surface area contributed by atoms with Crippen LogP contribution in [0.3, 0.4) is 0 Å². The van der Waals surface area contributed by atoms with Crippen molar-refractivity contribution in [3.05, 3.63) is 104 Å². The highest BCUT2D eigenvalue weighted by atomic mass is 79.9. The van der Waals surface area contributed by atoms with E-state index in [9.17, 15) is 10.1 Å². The van der Waals surface area contributed by atoms with Crippen LogP contribution < -0.4 is 35.3 Å². The third kappa shape index (κ3) is 7.45. The van der Waals surface area contributed by atoms with Gasteiger partial charge in [0, 0.05) is 31.9 Å². The number of hydrogen-bond donors (Lipinski definition) is 3. The summed E-state index contributed by atoms with van der Waals surface area (Å²) < 4.78 is 22.9. The minimum atomic E-state index is -0.467. The molecule has 246 valence electrons. The Balaban J connectivity index is 0.000000188. The Morgan fingerprint density at radius 2 is 1.19 bits per heavy atom. The first-order chi connectivity index (χ1) is 23.1. The van der Waals surface area contributed by atoms with Gasteiger partial charge in [-0.25, -0.2) is 4.98 Å². The molecule has 0 saturated carbocycles. The van der Waals surface area contributed by atoms with Crippen molar-refractivity contribution in [3.63, 3.8) is 0 Å². The van der Waals surface area contributed by atoms with Crippen LogP contribution in [0.5, 0.6) is 23.0 Å². The number of ether oxygens (including phenoxy) is 4. The summed E-state index contributed by atoms with van der Waals surface area (Å²) in [7, 11) is 6.31. The normalized spacial score (nSPS) is 10.5. The van der Waals surface area contributed by atoms with Crippen molar-refractivity contribution >= 4 is 87.8 Å². The van der Waals surface area contributed by atoms with Crippen molar-refractivity contribution in [1.82, 2.24) is 9.97 Å². The molecule has 48 heavy (non-hydrogen) atoms. The largest absolute Gasteiger partial charge is 0.497 e. The molecule has 4 N–H and O–H groups in total. The van der Waals surface area contributed by atoms with Crippen molar-refractivity contribution < 1.29 is 23.9 Å². The first-order valence-electron chi connectivity index (χ1n) is 14.2. The maximum absolute atomic E-state index is 11.5. The van der Waals surface area contributed by atoms with Gasteiger partial charge in [0.05, 0.1) is 73.3 Å². The molecule has 14 heteroatoms. The number of methoxy groups -OCH3 is 4. The van der Waals surface area contributed by atoms with E-state index in [-0.39, 0.29) is 5.69 Å². The minimum Gasteiger partial charge on any atom is -0.497 e. The Bertz CT molecular complexity index is 2130. The highest BCUT2D eigenvalue weighted by Crippen LogP contribution is 2.39. The average Bonchev–Trinajstić information content (AvgIpc) is 3.10. The van der Waals surface area contributed by atoms with E-state index < -0.39 is 4.92 Å². The molecule has 0 radical (unpaired) electrons. The number of pyridine rings is 2. The predicted molar refractivity (Wildman–Crippen MR) is 196 cm³/mol. The fourth-order valence-corrected chi connectivity index (χ4v) is 5.51. The van der Waals surface area contributed by atoms with Crippen molar-refractivity contribution in [2.45, 2.75) is 0 Å². The van der Waals surface area contributed by atoms with Gasteiger partial charge >= 0.3 is 5.69 Å². The Labute approximate surface area is 292 Å². The van der Waals surface area contributed by atoms with Crippen molar-refractivity contribution in [2.24, 2.45) is 0 Å². The van der Waals surface area contributed by atoms with Gasteiger partial charge in [-0.1, -0.05) is 31.9 Å². The molecule has 2 aromatic heterocycles. The van der Waals surface area contributed by atoms with Gasteiger partial charge in [-0.05, 0) is 60.7 Å². The van der Waals surface area contributed by atoms with Gasteiger partial charge in [0.2, 0.25) is 0 Å². The molecule has 0 aliphatic carbocycles. The third-order valence-electron chi connectivity index (χ3n) is 7.22. The molecule has 2 heterocycles. The Hall–Kier alpha value is -5.34. The summed E-state index contributed by atoms with van der Waals surface area (Å²) in [5.41, 5.74) is 10.7. The zero-order chi connectivity index (χ0) is 34.4. The van der Waals surface area contributed by atoms with Crippen LogP contribution in [0.4, 0.5) is 34.1 Å². The van der Waals surface area contributed by atoms with Crippen LogP contribution in [0.2, 0.25) is 0 Å². The first-order valence-corrected chi connectivity index (χ1v) is 15.8. The van der Waals surface area contributed by atoms with Gasteiger partial charge in [-0.3, -0.25) is 15.1 Å². The van der Waals surface area contributed by atoms with E-state index in [0.29, 0.717) is 45.2 Å². The molecule has 0 aliphatic heterocycles. The lowest BCUT2D eigenvalue weighted by molar-refractivity contribution is -0.384. The maximum atomic E-state index is 11.5.